The normalized spacial score (nSPS) is 19.7. The number of carbonyl (C=O) groups excluding carboxylic acids is 3. The van der Waals surface area contributed by atoms with Crippen LogP contribution in [0.2, 0.25) is 5.02 Å². The van der Waals surface area contributed by atoms with Gasteiger partial charge in [-0.1, -0.05) is 24.2 Å². The summed E-state index contributed by atoms with van der Waals surface area (Å²) in [5.41, 5.74) is 0.0453. The van der Waals surface area contributed by atoms with Crippen LogP contribution in [0.1, 0.15) is 96.9 Å². The van der Waals surface area contributed by atoms with Gasteiger partial charge in [0.1, 0.15) is 11.4 Å². The number of carbonyl (C=O) groups is 3. The highest BCUT2D eigenvalue weighted by molar-refractivity contribution is 6.34. The molecule has 2 saturated heterocycles. The first-order chi connectivity index (χ1) is 27.9. The molecule has 4 amide bonds. The predicted molar refractivity (Wildman–Crippen MR) is 220 cm³/mol. The van der Waals surface area contributed by atoms with Gasteiger partial charge in [0.05, 0.1) is 27.9 Å². The summed E-state index contributed by atoms with van der Waals surface area (Å²) in [5.74, 6) is 0.136. The first-order valence-corrected chi connectivity index (χ1v) is 20.5. The Kier molecular flexibility index (Phi) is 12.1. The number of hydrogen-bond donors (Lipinski definition) is 3. The molecule has 0 atom stereocenters. The third kappa shape index (κ3) is 9.74. The molecule has 2 aromatic heterocycles. The number of fused-ring (bicyclic) bond motifs is 1. The monoisotopic (exact) mass is 834 g/mol. The number of benzene rings is 2. The van der Waals surface area contributed by atoms with E-state index < -0.39 is 23.4 Å². The molecular weight excluding hydrogens is 785 g/mol. The van der Waals surface area contributed by atoms with Crippen molar-refractivity contribution in [3.63, 3.8) is 0 Å². The Morgan fingerprint density at radius 3 is 2.36 bits per heavy atom. The fraction of sp³-hybridized carbons (Fsp3) is 0.465. The van der Waals surface area contributed by atoms with E-state index in [1.807, 2.05) is 15.8 Å². The zero-order valence-electron chi connectivity index (χ0n) is 33.5. The topological polar surface area (TPSA) is 136 Å². The Morgan fingerprint density at radius 2 is 1.69 bits per heavy atom. The van der Waals surface area contributed by atoms with Gasteiger partial charge < -0.3 is 25.5 Å². The third-order valence-corrected chi connectivity index (χ3v) is 12.0. The summed E-state index contributed by atoms with van der Waals surface area (Å²) in [5, 5.41) is 22.4. The van der Waals surface area contributed by atoms with E-state index in [9.17, 15) is 32.7 Å². The number of urea groups is 1. The summed E-state index contributed by atoms with van der Waals surface area (Å²) in [6.07, 6.45) is 3.62. The zero-order valence-corrected chi connectivity index (χ0v) is 34.2. The minimum Gasteiger partial charge on any atom is -0.386 e. The van der Waals surface area contributed by atoms with Crippen molar-refractivity contribution in [2.45, 2.75) is 76.6 Å². The molecule has 7 rings (SSSR count). The second-order valence-corrected chi connectivity index (χ2v) is 17.1. The standard InChI is InChI=1S/C43H50ClF3N8O4/c1-26-14-19-54(41(58)48-26)37-21-29(10-13-33(37)44)40(57)53-17-15-28(16-18-53)24-52(4)23-27-8-11-31(12-9-27)55-25-30-20-36(32(42(2,3)59)22-35(30)51-55)50-39(56)34-6-5-7-38(49-34)43(45,46)47/h5-7,10,13,20-22,25,27-28,31,59H,1,8-9,11-12,14-19,23-24H2,2-4H3,(H,48,58)(H,50,56)/t27-,31-. The van der Waals surface area contributed by atoms with Crippen molar-refractivity contribution in [1.82, 2.24) is 29.9 Å². The molecule has 3 aliphatic rings. The summed E-state index contributed by atoms with van der Waals surface area (Å²) in [4.78, 5) is 48.5. The number of rotatable bonds is 10. The van der Waals surface area contributed by atoms with E-state index in [0.29, 0.717) is 70.9 Å². The number of aromatic nitrogens is 3. The van der Waals surface area contributed by atoms with Gasteiger partial charge in [-0.05, 0) is 114 Å². The summed E-state index contributed by atoms with van der Waals surface area (Å²) < 4.78 is 41.7. The molecule has 0 unspecified atom stereocenters. The van der Waals surface area contributed by atoms with E-state index >= 15 is 0 Å². The van der Waals surface area contributed by atoms with Gasteiger partial charge in [0.2, 0.25) is 0 Å². The fourth-order valence-corrected chi connectivity index (χ4v) is 8.77. The van der Waals surface area contributed by atoms with Crippen molar-refractivity contribution in [3.8, 4) is 0 Å². The molecule has 0 spiro atoms. The fourth-order valence-electron chi connectivity index (χ4n) is 8.55. The zero-order chi connectivity index (χ0) is 42.2. The van der Waals surface area contributed by atoms with Crippen LogP contribution in [-0.4, -0.2) is 87.3 Å². The Bertz CT molecular complexity index is 2240. The molecular formula is C43H50ClF3N8O4. The summed E-state index contributed by atoms with van der Waals surface area (Å²) in [6, 6.07) is 11.5. The van der Waals surface area contributed by atoms with Crippen LogP contribution in [-0.2, 0) is 11.8 Å². The van der Waals surface area contributed by atoms with Gasteiger partial charge in [0, 0.05) is 73.2 Å². The van der Waals surface area contributed by atoms with Crippen LogP contribution >= 0.6 is 11.6 Å². The van der Waals surface area contributed by atoms with Crippen LogP contribution in [0.25, 0.3) is 10.9 Å². The number of amides is 4. The molecule has 1 aliphatic carbocycles. The van der Waals surface area contributed by atoms with Crippen LogP contribution in [0.5, 0.6) is 0 Å². The maximum Gasteiger partial charge on any atom is 0.433 e. The average Bonchev–Trinajstić information content (AvgIpc) is 3.61. The lowest BCUT2D eigenvalue weighted by Gasteiger charge is -2.36. The number of pyridine rings is 1. The van der Waals surface area contributed by atoms with Crippen molar-refractivity contribution >= 4 is 51.7 Å². The summed E-state index contributed by atoms with van der Waals surface area (Å²) >= 11 is 6.45. The number of halogens is 4. The highest BCUT2D eigenvalue weighted by Crippen LogP contribution is 2.37. The lowest BCUT2D eigenvalue weighted by atomic mass is 9.85. The number of nitrogens with one attached hydrogen (secondary N) is 2. The first-order valence-electron chi connectivity index (χ1n) is 20.1. The van der Waals surface area contributed by atoms with Gasteiger partial charge in [-0.25, -0.2) is 9.78 Å². The molecule has 59 heavy (non-hydrogen) atoms. The van der Waals surface area contributed by atoms with Crippen LogP contribution in [0.3, 0.4) is 0 Å². The third-order valence-electron chi connectivity index (χ3n) is 11.7. The van der Waals surface area contributed by atoms with E-state index in [4.69, 9.17) is 16.7 Å². The van der Waals surface area contributed by atoms with E-state index in [1.165, 1.54) is 6.07 Å². The molecule has 4 aromatic rings. The molecule has 3 N–H and O–H groups in total. The Balaban J connectivity index is 0.905. The molecule has 12 nitrogen and oxygen atoms in total. The van der Waals surface area contributed by atoms with E-state index in [-0.39, 0.29) is 29.4 Å². The van der Waals surface area contributed by atoms with Crippen molar-refractivity contribution in [3.05, 3.63) is 94.5 Å². The van der Waals surface area contributed by atoms with Gasteiger partial charge in [-0.15, -0.1) is 0 Å². The molecule has 4 heterocycles. The van der Waals surface area contributed by atoms with Crippen molar-refractivity contribution in [2.75, 3.05) is 50.0 Å². The largest absolute Gasteiger partial charge is 0.433 e. The SMILES string of the molecule is C=C1CCN(c2cc(C(=O)N3CCC(CN(C)C[C@H]4CC[C@H](n5cc6cc(NC(=O)c7cccc(C(F)(F)F)n7)c(C(C)(C)O)cc6n5)CC4)CC3)ccc2Cl)C(=O)N1. The van der Waals surface area contributed by atoms with Crippen LogP contribution in [0.15, 0.2) is 67.0 Å². The number of likely N-dealkylation sites (tertiary alicyclic amines) is 1. The maximum absolute atomic E-state index is 13.5. The van der Waals surface area contributed by atoms with Gasteiger partial charge >= 0.3 is 12.2 Å². The lowest BCUT2D eigenvalue weighted by Crippen LogP contribution is -2.45. The second-order valence-electron chi connectivity index (χ2n) is 16.7. The number of anilines is 2. The number of piperidine rings is 1. The van der Waals surface area contributed by atoms with E-state index in [1.54, 1.807) is 49.1 Å². The predicted octanol–water partition coefficient (Wildman–Crippen LogP) is 8.23. The van der Waals surface area contributed by atoms with E-state index in [2.05, 4.69) is 34.1 Å². The Hall–Kier alpha value is -4.99. The number of alkyl halides is 3. The molecule has 1 saturated carbocycles. The molecule has 2 aliphatic heterocycles. The van der Waals surface area contributed by atoms with Crippen molar-refractivity contribution < 1.29 is 32.7 Å². The first kappa shape index (κ1) is 42.1. The quantitative estimate of drug-likeness (QED) is 0.147. The molecule has 16 heteroatoms. The van der Waals surface area contributed by atoms with Crippen molar-refractivity contribution in [1.29, 1.82) is 0 Å². The number of aliphatic hydroxyl groups is 1. The summed E-state index contributed by atoms with van der Waals surface area (Å²) in [6.45, 7) is 10.7. The van der Waals surface area contributed by atoms with Crippen LogP contribution in [0, 0.1) is 11.8 Å². The number of nitrogens with zero attached hydrogens (tertiary/aromatic N) is 6. The molecule has 314 valence electrons. The number of hydrogen-bond acceptors (Lipinski definition) is 7. The molecule has 2 aromatic carbocycles. The minimum absolute atomic E-state index is 0.0603. The van der Waals surface area contributed by atoms with Crippen molar-refractivity contribution in [2.24, 2.45) is 11.8 Å². The smallest absolute Gasteiger partial charge is 0.386 e. The second kappa shape index (κ2) is 16.9. The Labute approximate surface area is 346 Å². The van der Waals surface area contributed by atoms with E-state index in [0.717, 1.165) is 69.1 Å². The summed E-state index contributed by atoms with van der Waals surface area (Å²) in [7, 11) is 2.17. The molecule has 0 radical (unpaired) electrons. The molecule has 3 fully saturated rings. The van der Waals surface area contributed by atoms with Crippen LogP contribution < -0.4 is 15.5 Å². The van der Waals surface area contributed by atoms with Gasteiger partial charge in [-0.3, -0.25) is 19.2 Å². The maximum atomic E-state index is 13.5. The lowest BCUT2D eigenvalue weighted by molar-refractivity contribution is -0.141. The minimum atomic E-state index is -4.69. The van der Waals surface area contributed by atoms with Gasteiger partial charge in [-0.2, -0.15) is 18.3 Å². The highest BCUT2D eigenvalue weighted by atomic mass is 35.5. The molecule has 0 bridgehead atoms. The Morgan fingerprint density at radius 1 is 1.00 bits per heavy atom. The van der Waals surface area contributed by atoms with Crippen LogP contribution in [0.4, 0.5) is 29.3 Å². The highest BCUT2D eigenvalue weighted by Gasteiger charge is 2.34. The van der Waals surface area contributed by atoms with Gasteiger partial charge in [0.25, 0.3) is 11.8 Å². The average molecular weight is 835 g/mol. The van der Waals surface area contributed by atoms with Gasteiger partial charge in [0.15, 0.2) is 0 Å².